The highest BCUT2D eigenvalue weighted by molar-refractivity contribution is 5.59. The molecule has 0 saturated carbocycles. The van der Waals surface area contributed by atoms with Crippen molar-refractivity contribution in [1.29, 1.82) is 0 Å². The fraction of sp³-hybridized carbons (Fsp3) is 0.700. The number of allylic oxidation sites excluding steroid dienone is 2. The van der Waals surface area contributed by atoms with Crippen molar-refractivity contribution < 1.29 is 9.53 Å². The Kier molecular flexibility index (Phi) is 3.48. The van der Waals surface area contributed by atoms with Crippen molar-refractivity contribution in [2.24, 2.45) is 5.41 Å². The summed E-state index contributed by atoms with van der Waals surface area (Å²) in [5.41, 5.74) is -0.120. The molecule has 0 aromatic rings. The largest absolute Gasteiger partial charge is 0.381 e. The lowest BCUT2D eigenvalue weighted by atomic mass is 9.79. The van der Waals surface area contributed by atoms with E-state index in [9.17, 15) is 4.79 Å². The molecule has 0 unspecified atom stereocenters. The van der Waals surface area contributed by atoms with E-state index in [0.717, 1.165) is 38.8 Å². The summed E-state index contributed by atoms with van der Waals surface area (Å²) in [6.07, 6.45) is 7.80. The van der Waals surface area contributed by atoms with Gasteiger partial charge in [-0.2, -0.15) is 0 Å². The van der Waals surface area contributed by atoms with E-state index in [1.165, 1.54) is 0 Å². The monoisotopic (exact) mass is 168 g/mol. The molecule has 2 heteroatoms. The minimum Gasteiger partial charge on any atom is -0.381 e. The molecule has 0 atom stereocenters. The molecule has 1 heterocycles. The molecule has 1 saturated heterocycles. The zero-order valence-corrected chi connectivity index (χ0v) is 7.58. The van der Waals surface area contributed by atoms with Crippen molar-refractivity contribution in [3.8, 4) is 0 Å². The van der Waals surface area contributed by atoms with Crippen LogP contribution in [0.5, 0.6) is 0 Å². The van der Waals surface area contributed by atoms with Gasteiger partial charge < -0.3 is 9.53 Å². The number of ether oxygens (including phenoxy) is 1. The highest BCUT2D eigenvalue weighted by atomic mass is 16.5. The second-order valence-corrected chi connectivity index (χ2v) is 3.37. The maximum Gasteiger partial charge on any atom is 0.126 e. The number of aldehydes is 1. The molecule has 0 radical (unpaired) electrons. The van der Waals surface area contributed by atoms with Crippen LogP contribution in [0.4, 0.5) is 0 Å². The molecule has 68 valence electrons. The van der Waals surface area contributed by atoms with Crippen molar-refractivity contribution in [2.75, 3.05) is 13.2 Å². The van der Waals surface area contributed by atoms with Crippen LogP contribution in [0.1, 0.15) is 26.2 Å². The third-order valence-corrected chi connectivity index (χ3v) is 2.50. The summed E-state index contributed by atoms with van der Waals surface area (Å²) in [5, 5.41) is 0. The Morgan fingerprint density at radius 1 is 1.42 bits per heavy atom. The fourth-order valence-corrected chi connectivity index (χ4v) is 1.50. The molecule has 1 aliphatic rings. The predicted octanol–water partition coefficient (Wildman–Crippen LogP) is 1.95. The molecule has 0 aromatic heterocycles. The van der Waals surface area contributed by atoms with Crippen LogP contribution in [0, 0.1) is 5.41 Å². The maximum absolute atomic E-state index is 10.9. The van der Waals surface area contributed by atoms with Crippen LogP contribution in [-0.4, -0.2) is 19.5 Å². The van der Waals surface area contributed by atoms with E-state index in [4.69, 9.17) is 4.74 Å². The van der Waals surface area contributed by atoms with E-state index in [1.807, 2.05) is 13.0 Å². The van der Waals surface area contributed by atoms with E-state index in [1.54, 1.807) is 0 Å². The SMILES string of the molecule is C/C=C/CC1(C=O)CCOCC1. The van der Waals surface area contributed by atoms with E-state index < -0.39 is 0 Å². The summed E-state index contributed by atoms with van der Waals surface area (Å²) in [7, 11) is 0. The first-order chi connectivity index (χ1) is 5.83. The van der Waals surface area contributed by atoms with Gasteiger partial charge in [-0.05, 0) is 26.2 Å². The van der Waals surface area contributed by atoms with Crippen LogP contribution in [0.3, 0.4) is 0 Å². The molecule has 1 fully saturated rings. The Bertz CT molecular complexity index is 167. The molecule has 0 aliphatic carbocycles. The molecule has 0 amide bonds. The number of carbonyl (C=O) groups is 1. The molecule has 0 N–H and O–H groups in total. The molecule has 2 nitrogen and oxygen atoms in total. The summed E-state index contributed by atoms with van der Waals surface area (Å²) in [4.78, 5) is 10.9. The van der Waals surface area contributed by atoms with Gasteiger partial charge in [0.1, 0.15) is 6.29 Å². The topological polar surface area (TPSA) is 26.3 Å². The molecular weight excluding hydrogens is 152 g/mol. The maximum atomic E-state index is 10.9. The Balaban J connectivity index is 2.53. The summed E-state index contributed by atoms with van der Waals surface area (Å²) < 4.78 is 5.22. The number of rotatable bonds is 3. The van der Waals surface area contributed by atoms with E-state index in [-0.39, 0.29) is 5.41 Å². The molecule has 0 bridgehead atoms. The van der Waals surface area contributed by atoms with Crippen LogP contribution in [0.2, 0.25) is 0 Å². The van der Waals surface area contributed by atoms with E-state index in [2.05, 4.69) is 6.08 Å². The first-order valence-corrected chi connectivity index (χ1v) is 4.48. The quantitative estimate of drug-likeness (QED) is 0.475. The van der Waals surface area contributed by atoms with Crippen molar-refractivity contribution in [1.82, 2.24) is 0 Å². The minimum absolute atomic E-state index is 0.120. The van der Waals surface area contributed by atoms with Crippen molar-refractivity contribution in [2.45, 2.75) is 26.2 Å². The van der Waals surface area contributed by atoms with E-state index >= 15 is 0 Å². The second kappa shape index (κ2) is 4.41. The van der Waals surface area contributed by atoms with Gasteiger partial charge in [-0.1, -0.05) is 12.2 Å². The highest BCUT2D eigenvalue weighted by Crippen LogP contribution is 2.32. The predicted molar refractivity (Wildman–Crippen MR) is 48.0 cm³/mol. The minimum atomic E-state index is -0.120. The van der Waals surface area contributed by atoms with Gasteiger partial charge in [-0.3, -0.25) is 0 Å². The van der Waals surface area contributed by atoms with Gasteiger partial charge in [0.05, 0.1) is 0 Å². The standard InChI is InChI=1S/C10H16O2/c1-2-3-4-10(9-11)5-7-12-8-6-10/h2-3,9H,4-8H2,1H3/b3-2+. The van der Waals surface area contributed by atoms with Gasteiger partial charge in [-0.25, -0.2) is 0 Å². The first kappa shape index (κ1) is 9.46. The van der Waals surface area contributed by atoms with Gasteiger partial charge in [0.2, 0.25) is 0 Å². The van der Waals surface area contributed by atoms with Gasteiger partial charge in [0.15, 0.2) is 0 Å². The Hall–Kier alpha value is -0.630. The van der Waals surface area contributed by atoms with Crippen LogP contribution in [0.15, 0.2) is 12.2 Å². The Labute approximate surface area is 73.6 Å². The lowest BCUT2D eigenvalue weighted by molar-refractivity contribution is -0.121. The van der Waals surface area contributed by atoms with Gasteiger partial charge in [0, 0.05) is 18.6 Å². The first-order valence-electron chi connectivity index (χ1n) is 4.48. The van der Waals surface area contributed by atoms with Crippen molar-refractivity contribution >= 4 is 6.29 Å². The van der Waals surface area contributed by atoms with Crippen LogP contribution in [0.25, 0.3) is 0 Å². The summed E-state index contributed by atoms with van der Waals surface area (Å²) >= 11 is 0. The molecular formula is C10H16O2. The third kappa shape index (κ3) is 2.18. The molecule has 1 rings (SSSR count). The van der Waals surface area contributed by atoms with Crippen molar-refractivity contribution in [3.05, 3.63) is 12.2 Å². The van der Waals surface area contributed by atoms with Gasteiger partial charge in [-0.15, -0.1) is 0 Å². The van der Waals surface area contributed by atoms with Crippen molar-refractivity contribution in [3.63, 3.8) is 0 Å². The van der Waals surface area contributed by atoms with E-state index in [0.29, 0.717) is 0 Å². The number of hydrogen-bond donors (Lipinski definition) is 0. The molecule has 1 aliphatic heterocycles. The molecule has 12 heavy (non-hydrogen) atoms. The average molecular weight is 168 g/mol. The smallest absolute Gasteiger partial charge is 0.126 e. The van der Waals surface area contributed by atoms with Crippen LogP contribution >= 0.6 is 0 Å². The van der Waals surface area contributed by atoms with Gasteiger partial charge in [0.25, 0.3) is 0 Å². The summed E-state index contributed by atoms with van der Waals surface area (Å²) in [5.74, 6) is 0. The second-order valence-electron chi connectivity index (χ2n) is 3.37. The number of hydrogen-bond acceptors (Lipinski definition) is 2. The summed E-state index contributed by atoms with van der Waals surface area (Å²) in [6, 6.07) is 0. The lowest BCUT2D eigenvalue weighted by Gasteiger charge is -2.30. The molecule has 0 spiro atoms. The lowest BCUT2D eigenvalue weighted by Crippen LogP contribution is -2.30. The van der Waals surface area contributed by atoms with Crippen LogP contribution in [-0.2, 0) is 9.53 Å². The fourth-order valence-electron chi connectivity index (χ4n) is 1.50. The Morgan fingerprint density at radius 3 is 2.58 bits per heavy atom. The molecule has 0 aromatic carbocycles. The average Bonchev–Trinajstić information content (AvgIpc) is 2.16. The normalized spacial score (nSPS) is 22.8. The summed E-state index contributed by atoms with van der Waals surface area (Å²) in [6.45, 7) is 3.45. The highest BCUT2D eigenvalue weighted by Gasteiger charge is 2.30. The Morgan fingerprint density at radius 2 is 2.08 bits per heavy atom. The van der Waals surface area contributed by atoms with Crippen LogP contribution < -0.4 is 0 Å². The number of carbonyl (C=O) groups excluding carboxylic acids is 1. The zero-order valence-electron chi connectivity index (χ0n) is 7.58. The third-order valence-electron chi connectivity index (χ3n) is 2.50. The van der Waals surface area contributed by atoms with Gasteiger partial charge >= 0.3 is 0 Å². The zero-order chi connectivity index (χ0) is 8.86.